The SMILES string of the molecule is CNc1nc(OCCN(C)C)c2[nH]cnc2n1. The van der Waals surface area contributed by atoms with Gasteiger partial charge >= 0.3 is 0 Å². The molecule has 0 aliphatic heterocycles. The summed E-state index contributed by atoms with van der Waals surface area (Å²) in [5.74, 6) is 1.03. The third-order valence-corrected chi connectivity index (χ3v) is 2.25. The number of rotatable bonds is 5. The van der Waals surface area contributed by atoms with Gasteiger partial charge in [-0.1, -0.05) is 0 Å². The van der Waals surface area contributed by atoms with E-state index in [1.165, 1.54) is 0 Å². The molecule has 2 aromatic rings. The lowest BCUT2D eigenvalue weighted by Gasteiger charge is -2.11. The van der Waals surface area contributed by atoms with Crippen molar-refractivity contribution in [1.29, 1.82) is 0 Å². The highest BCUT2D eigenvalue weighted by Crippen LogP contribution is 2.20. The van der Waals surface area contributed by atoms with Crippen molar-refractivity contribution in [2.24, 2.45) is 0 Å². The van der Waals surface area contributed by atoms with Gasteiger partial charge in [0.25, 0.3) is 0 Å². The largest absolute Gasteiger partial charge is 0.475 e. The van der Waals surface area contributed by atoms with Crippen LogP contribution in [0.15, 0.2) is 6.33 Å². The van der Waals surface area contributed by atoms with Crippen LogP contribution < -0.4 is 10.1 Å². The van der Waals surface area contributed by atoms with Crippen LogP contribution in [0, 0.1) is 0 Å². The molecule has 0 spiro atoms. The average Bonchev–Trinajstić information content (AvgIpc) is 2.76. The van der Waals surface area contributed by atoms with E-state index in [0.717, 1.165) is 12.1 Å². The molecule has 0 atom stereocenters. The van der Waals surface area contributed by atoms with E-state index in [1.54, 1.807) is 13.4 Å². The van der Waals surface area contributed by atoms with Gasteiger partial charge in [-0.05, 0) is 14.1 Å². The molecule has 2 heterocycles. The standard InChI is InChI=1S/C10H16N6O/c1-11-10-14-8-7(12-6-13-8)9(15-10)17-5-4-16(2)3/h6H,4-5H2,1-3H3,(H2,11,12,13,14,15). The minimum atomic E-state index is 0.504. The number of likely N-dealkylation sites (N-methyl/N-ethyl adjacent to an activating group) is 1. The summed E-state index contributed by atoms with van der Waals surface area (Å²) in [7, 11) is 5.75. The van der Waals surface area contributed by atoms with Gasteiger partial charge in [-0.15, -0.1) is 0 Å². The number of fused-ring (bicyclic) bond motifs is 1. The van der Waals surface area contributed by atoms with Crippen molar-refractivity contribution in [3.8, 4) is 5.88 Å². The van der Waals surface area contributed by atoms with Crippen molar-refractivity contribution in [2.75, 3.05) is 39.6 Å². The average molecular weight is 236 g/mol. The zero-order valence-corrected chi connectivity index (χ0v) is 10.2. The Morgan fingerprint density at radius 2 is 2.24 bits per heavy atom. The van der Waals surface area contributed by atoms with Crippen LogP contribution in [0.4, 0.5) is 5.95 Å². The first kappa shape index (κ1) is 11.6. The van der Waals surface area contributed by atoms with Crippen LogP contribution in [0.1, 0.15) is 0 Å². The third-order valence-electron chi connectivity index (χ3n) is 2.25. The van der Waals surface area contributed by atoms with E-state index in [0.29, 0.717) is 24.1 Å². The first-order valence-electron chi connectivity index (χ1n) is 5.37. The first-order chi connectivity index (χ1) is 8.20. The Bertz CT molecular complexity index is 495. The van der Waals surface area contributed by atoms with Crippen LogP contribution >= 0.6 is 0 Å². The second kappa shape index (κ2) is 4.96. The van der Waals surface area contributed by atoms with Gasteiger partial charge in [0.1, 0.15) is 12.1 Å². The number of ether oxygens (including phenoxy) is 1. The number of imidazole rings is 1. The van der Waals surface area contributed by atoms with Crippen molar-refractivity contribution >= 4 is 17.1 Å². The minimum absolute atomic E-state index is 0.504. The quantitative estimate of drug-likeness (QED) is 0.779. The van der Waals surface area contributed by atoms with E-state index in [1.807, 2.05) is 19.0 Å². The predicted octanol–water partition coefficient (Wildman–Crippen LogP) is 0.335. The van der Waals surface area contributed by atoms with E-state index in [2.05, 4.69) is 25.3 Å². The fraction of sp³-hybridized carbons (Fsp3) is 0.500. The molecular weight excluding hydrogens is 220 g/mol. The summed E-state index contributed by atoms with van der Waals surface area (Å²) < 4.78 is 5.63. The second-order valence-corrected chi connectivity index (χ2v) is 3.86. The fourth-order valence-electron chi connectivity index (χ4n) is 1.35. The monoisotopic (exact) mass is 236 g/mol. The predicted molar refractivity (Wildman–Crippen MR) is 65.3 cm³/mol. The van der Waals surface area contributed by atoms with Crippen LogP contribution in [0.5, 0.6) is 5.88 Å². The Hall–Kier alpha value is -1.89. The van der Waals surface area contributed by atoms with Gasteiger partial charge in [0, 0.05) is 13.6 Å². The number of aromatic nitrogens is 4. The Morgan fingerprint density at radius 1 is 1.41 bits per heavy atom. The smallest absolute Gasteiger partial charge is 0.245 e. The highest BCUT2D eigenvalue weighted by molar-refractivity contribution is 5.76. The molecule has 17 heavy (non-hydrogen) atoms. The van der Waals surface area contributed by atoms with Crippen molar-refractivity contribution in [1.82, 2.24) is 24.8 Å². The molecular formula is C10H16N6O. The molecule has 0 saturated carbocycles. The van der Waals surface area contributed by atoms with Crippen LogP contribution in [0.25, 0.3) is 11.2 Å². The Balaban J connectivity index is 2.21. The first-order valence-corrected chi connectivity index (χ1v) is 5.37. The van der Waals surface area contributed by atoms with E-state index in [4.69, 9.17) is 4.74 Å². The summed E-state index contributed by atoms with van der Waals surface area (Å²) in [6.45, 7) is 1.40. The van der Waals surface area contributed by atoms with Crippen molar-refractivity contribution in [3.05, 3.63) is 6.33 Å². The molecule has 0 unspecified atom stereocenters. The number of hydrogen-bond donors (Lipinski definition) is 2. The molecule has 0 fully saturated rings. The van der Waals surface area contributed by atoms with Crippen LogP contribution in [0.3, 0.4) is 0 Å². The molecule has 0 aromatic carbocycles. The Kier molecular flexibility index (Phi) is 3.38. The number of H-pyrrole nitrogens is 1. The maximum absolute atomic E-state index is 5.63. The molecule has 2 aromatic heterocycles. The zero-order valence-electron chi connectivity index (χ0n) is 10.2. The maximum atomic E-state index is 5.63. The number of nitrogens with zero attached hydrogens (tertiary/aromatic N) is 4. The van der Waals surface area contributed by atoms with Gasteiger partial charge in [-0.25, -0.2) is 4.98 Å². The molecule has 2 rings (SSSR count). The van der Waals surface area contributed by atoms with Crippen LogP contribution in [-0.4, -0.2) is 59.1 Å². The molecule has 0 bridgehead atoms. The van der Waals surface area contributed by atoms with Crippen molar-refractivity contribution in [3.63, 3.8) is 0 Å². The second-order valence-electron chi connectivity index (χ2n) is 3.86. The lowest BCUT2D eigenvalue weighted by Crippen LogP contribution is -2.20. The molecule has 0 amide bonds. The molecule has 0 aliphatic rings. The van der Waals surface area contributed by atoms with Crippen LogP contribution in [-0.2, 0) is 0 Å². The lowest BCUT2D eigenvalue weighted by atomic mass is 10.5. The number of nitrogens with one attached hydrogen (secondary N) is 2. The van der Waals surface area contributed by atoms with Crippen molar-refractivity contribution < 1.29 is 4.74 Å². The van der Waals surface area contributed by atoms with Gasteiger partial charge in [0.2, 0.25) is 11.8 Å². The molecule has 2 N–H and O–H groups in total. The van der Waals surface area contributed by atoms with Gasteiger partial charge in [0.05, 0.1) is 6.33 Å². The van der Waals surface area contributed by atoms with Crippen molar-refractivity contribution in [2.45, 2.75) is 0 Å². The summed E-state index contributed by atoms with van der Waals surface area (Å²) in [5.41, 5.74) is 1.33. The molecule has 0 radical (unpaired) electrons. The molecule has 7 nitrogen and oxygen atoms in total. The summed E-state index contributed by atoms with van der Waals surface area (Å²) in [6.07, 6.45) is 1.58. The van der Waals surface area contributed by atoms with Gasteiger partial charge in [-0.2, -0.15) is 9.97 Å². The van der Waals surface area contributed by atoms with E-state index in [9.17, 15) is 0 Å². The van der Waals surface area contributed by atoms with E-state index in [-0.39, 0.29) is 0 Å². The third kappa shape index (κ3) is 2.62. The Labute approximate surface area is 99.2 Å². The number of aromatic amines is 1. The van der Waals surface area contributed by atoms with Gasteiger partial charge < -0.3 is 19.9 Å². The summed E-state index contributed by atoms with van der Waals surface area (Å²) in [5, 5.41) is 2.88. The van der Waals surface area contributed by atoms with E-state index < -0.39 is 0 Å². The highest BCUT2D eigenvalue weighted by atomic mass is 16.5. The minimum Gasteiger partial charge on any atom is -0.475 e. The van der Waals surface area contributed by atoms with Crippen LogP contribution in [0.2, 0.25) is 0 Å². The highest BCUT2D eigenvalue weighted by Gasteiger charge is 2.10. The number of anilines is 1. The Morgan fingerprint density at radius 3 is 2.94 bits per heavy atom. The van der Waals surface area contributed by atoms with E-state index >= 15 is 0 Å². The summed E-state index contributed by atoms with van der Waals surface area (Å²) in [4.78, 5) is 17.6. The molecule has 0 saturated heterocycles. The fourth-order valence-corrected chi connectivity index (χ4v) is 1.35. The molecule has 7 heteroatoms. The lowest BCUT2D eigenvalue weighted by molar-refractivity contribution is 0.256. The zero-order chi connectivity index (χ0) is 12.3. The topological polar surface area (TPSA) is 79.0 Å². The van der Waals surface area contributed by atoms with Gasteiger partial charge in [0.15, 0.2) is 5.65 Å². The maximum Gasteiger partial charge on any atom is 0.245 e. The van der Waals surface area contributed by atoms with Gasteiger partial charge in [-0.3, -0.25) is 0 Å². The summed E-state index contributed by atoms with van der Waals surface area (Å²) in [6, 6.07) is 0. The molecule has 92 valence electrons. The number of hydrogen-bond acceptors (Lipinski definition) is 6. The summed E-state index contributed by atoms with van der Waals surface area (Å²) >= 11 is 0. The normalized spacial score (nSPS) is 11.1. The molecule has 0 aliphatic carbocycles.